The van der Waals surface area contributed by atoms with Gasteiger partial charge in [-0.1, -0.05) is 35.5 Å². The lowest BCUT2D eigenvalue weighted by Crippen LogP contribution is -2.46. The minimum absolute atomic E-state index is 0.132. The number of carbonyl (C=O) groups is 1. The van der Waals surface area contributed by atoms with Crippen LogP contribution in [0.3, 0.4) is 0 Å². The van der Waals surface area contributed by atoms with Gasteiger partial charge in [0.25, 0.3) is 0 Å². The van der Waals surface area contributed by atoms with E-state index in [0.29, 0.717) is 30.2 Å². The van der Waals surface area contributed by atoms with E-state index in [1.165, 1.54) is 0 Å². The summed E-state index contributed by atoms with van der Waals surface area (Å²) < 4.78 is 11.3. The van der Waals surface area contributed by atoms with Crippen LogP contribution in [0.15, 0.2) is 35.5 Å². The number of carbonyl (C=O) groups excluding carboxylic acids is 1. The van der Waals surface area contributed by atoms with Crippen molar-refractivity contribution in [1.82, 2.24) is 4.90 Å². The number of benzene rings is 1. The van der Waals surface area contributed by atoms with Crippen LogP contribution in [-0.2, 0) is 15.6 Å². The van der Waals surface area contributed by atoms with Crippen molar-refractivity contribution in [2.45, 2.75) is 5.92 Å². The molecule has 1 fully saturated rings. The summed E-state index contributed by atoms with van der Waals surface area (Å²) in [6.07, 6.45) is 0. The van der Waals surface area contributed by atoms with E-state index < -0.39 is 16.7 Å². The quantitative estimate of drug-likeness (QED) is 0.358. The monoisotopic (exact) mass is 295 g/mol. The molecule has 3 N–H and O–H groups in total. The summed E-state index contributed by atoms with van der Waals surface area (Å²) in [5, 5.41) is 11.9. The summed E-state index contributed by atoms with van der Waals surface area (Å²) in [6, 6.07) is 8.96. The van der Waals surface area contributed by atoms with Crippen LogP contribution in [0, 0.1) is 0 Å². The van der Waals surface area contributed by atoms with Crippen molar-refractivity contribution in [2.75, 3.05) is 24.6 Å². The predicted octanol–water partition coefficient (Wildman–Crippen LogP) is 0.108. The number of amides is 1. The molecule has 7 heteroatoms. The minimum atomic E-state index is -0.852. The highest BCUT2D eigenvalue weighted by atomic mass is 32.2. The molecule has 0 saturated carbocycles. The highest BCUT2D eigenvalue weighted by Gasteiger charge is 2.31. The van der Waals surface area contributed by atoms with Gasteiger partial charge in [-0.25, -0.2) is 0 Å². The number of nitrogens with two attached hydrogens (primary N) is 1. The average Bonchev–Trinajstić information content (AvgIpc) is 2.49. The van der Waals surface area contributed by atoms with Crippen LogP contribution in [0.4, 0.5) is 0 Å². The standard InChI is InChI=1S/C13H17N3O3S/c14-12(15-18)11(10-4-2-1-3-5-10)13(17)16-6-8-20(19)9-7-16/h1-5,11,18H,6-9H2,(H2,14,15). The molecule has 1 aromatic carbocycles. The van der Waals surface area contributed by atoms with Crippen molar-refractivity contribution in [2.24, 2.45) is 10.9 Å². The molecule has 1 atom stereocenters. The van der Waals surface area contributed by atoms with E-state index in [9.17, 15) is 9.00 Å². The van der Waals surface area contributed by atoms with Gasteiger partial charge in [0.2, 0.25) is 5.91 Å². The molecular weight excluding hydrogens is 278 g/mol. The van der Waals surface area contributed by atoms with Crippen LogP contribution < -0.4 is 5.73 Å². The molecule has 0 aliphatic carbocycles. The first-order chi connectivity index (χ1) is 9.63. The van der Waals surface area contributed by atoms with Crippen molar-refractivity contribution in [3.05, 3.63) is 35.9 Å². The highest BCUT2D eigenvalue weighted by molar-refractivity contribution is 7.85. The molecule has 1 unspecified atom stereocenters. The van der Waals surface area contributed by atoms with Crippen LogP contribution in [-0.4, -0.2) is 50.7 Å². The Morgan fingerprint density at radius 3 is 2.45 bits per heavy atom. The normalized spacial score (nSPS) is 18.8. The third kappa shape index (κ3) is 3.16. The third-order valence-corrected chi connectivity index (χ3v) is 4.56. The number of nitrogens with zero attached hydrogens (tertiary/aromatic N) is 2. The maximum atomic E-state index is 12.6. The van der Waals surface area contributed by atoms with E-state index in [4.69, 9.17) is 10.9 Å². The number of oxime groups is 1. The van der Waals surface area contributed by atoms with Gasteiger partial charge in [0, 0.05) is 35.4 Å². The van der Waals surface area contributed by atoms with Crippen LogP contribution in [0.25, 0.3) is 0 Å². The van der Waals surface area contributed by atoms with Gasteiger partial charge in [-0.15, -0.1) is 0 Å². The lowest BCUT2D eigenvalue weighted by molar-refractivity contribution is -0.130. The summed E-state index contributed by atoms with van der Waals surface area (Å²) in [5.74, 6) is -0.198. The second-order valence-corrected chi connectivity index (χ2v) is 6.24. The zero-order valence-electron chi connectivity index (χ0n) is 10.9. The van der Waals surface area contributed by atoms with Gasteiger partial charge in [0.15, 0.2) is 5.84 Å². The lowest BCUT2D eigenvalue weighted by atomic mass is 9.96. The Morgan fingerprint density at radius 1 is 1.30 bits per heavy atom. The van der Waals surface area contributed by atoms with Gasteiger partial charge >= 0.3 is 0 Å². The lowest BCUT2D eigenvalue weighted by Gasteiger charge is -2.29. The van der Waals surface area contributed by atoms with Gasteiger partial charge in [-0.2, -0.15) is 0 Å². The Hall–Kier alpha value is -1.89. The van der Waals surface area contributed by atoms with E-state index in [2.05, 4.69) is 5.16 Å². The summed E-state index contributed by atoms with van der Waals surface area (Å²) in [6.45, 7) is 0.876. The zero-order chi connectivity index (χ0) is 14.5. The van der Waals surface area contributed by atoms with Crippen molar-refractivity contribution < 1.29 is 14.2 Å². The molecule has 0 spiro atoms. The fourth-order valence-corrected chi connectivity index (χ4v) is 3.24. The Morgan fingerprint density at radius 2 is 1.90 bits per heavy atom. The molecule has 1 amide bonds. The maximum absolute atomic E-state index is 12.6. The third-order valence-electron chi connectivity index (χ3n) is 3.28. The van der Waals surface area contributed by atoms with E-state index in [-0.39, 0.29) is 11.7 Å². The molecule has 20 heavy (non-hydrogen) atoms. The van der Waals surface area contributed by atoms with Gasteiger partial charge in [0.05, 0.1) is 0 Å². The van der Waals surface area contributed by atoms with Crippen LogP contribution in [0.1, 0.15) is 11.5 Å². The van der Waals surface area contributed by atoms with Gasteiger partial charge in [-0.3, -0.25) is 9.00 Å². The second kappa shape index (κ2) is 6.51. The number of amidine groups is 1. The van der Waals surface area contributed by atoms with Gasteiger partial charge < -0.3 is 15.8 Å². The minimum Gasteiger partial charge on any atom is -0.409 e. The molecule has 108 valence electrons. The first-order valence-electron chi connectivity index (χ1n) is 6.29. The van der Waals surface area contributed by atoms with Crippen molar-refractivity contribution >= 4 is 22.5 Å². The van der Waals surface area contributed by atoms with Crippen LogP contribution in [0.2, 0.25) is 0 Å². The summed E-state index contributed by atoms with van der Waals surface area (Å²) in [5.41, 5.74) is 6.36. The molecule has 1 aliphatic heterocycles. The highest BCUT2D eigenvalue weighted by Crippen LogP contribution is 2.20. The van der Waals surface area contributed by atoms with E-state index in [1.54, 1.807) is 29.2 Å². The zero-order valence-corrected chi connectivity index (χ0v) is 11.8. The largest absolute Gasteiger partial charge is 0.409 e. The number of rotatable bonds is 3. The fourth-order valence-electron chi connectivity index (χ4n) is 2.18. The summed E-state index contributed by atoms with van der Waals surface area (Å²) >= 11 is 0. The predicted molar refractivity (Wildman–Crippen MR) is 77.0 cm³/mol. The molecule has 2 rings (SSSR count). The first-order valence-corrected chi connectivity index (χ1v) is 7.78. The first kappa shape index (κ1) is 14.5. The maximum Gasteiger partial charge on any atom is 0.237 e. The molecule has 0 bridgehead atoms. The summed E-state index contributed by atoms with van der Waals surface area (Å²) in [4.78, 5) is 14.2. The molecule has 6 nitrogen and oxygen atoms in total. The molecule has 1 heterocycles. The molecule has 1 saturated heterocycles. The number of hydrogen-bond donors (Lipinski definition) is 2. The van der Waals surface area contributed by atoms with Crippen molar-refractivity contribution in [3.8, 4) is 0 Å². The van der Waals surface area contributed by atoms with Crippen molar-refractivity contribution in [3.63, 3.8) is 0 Å². The molecule has 1 aromatic rings. The Kier molecular flexibility index (Phi) is 4.73. The Bertz CT molecular complexity index is 523. The fraction of sp³-hybridized carbons (Fsp3) is 0.385. The van der Waals surface area contributed by atoms with Crippen molar-refractivity contribution in [1.29, 1.82) is 0 Å². The smallest absolute Gasteiger partial charge is 0.237 e. The van der Waals surface area contributed by atoms with E-state index >= 15 is 0 Å². The SMILES string of the molecule is NC(=NO)C(C(=O)N1CCS(=O)CC1)c1ccccc1. The molecular formula is C13H17N3O3S. The van der Waals surface area contributed by atoms with Gasteiger partial charge in [-0.05, 0) is 5.56 Å². The topological polar surface area (TPSA) is 96.0 Å². The van der Waals surface area contributed by atoms with E-state index in [0.717, 1.165) is 0 Å². The Balaban J connectivity index is 2.23. The average molecular weight is 295 g/mol. The Labute approximate surface area is 119 Å². The molecule has 0 radical (unpaired) electrons. The number of hydrogen-bond acceptors (Lipinski definition) is 4. The summed E-state index contributed by atoms with van der Waals surface area (Å²) in [7, 11) is -0.852. The van der Waals surface area contributed by atoms with Gasteiger partial charge in [0.1, 0.15) is 5.92 Å². The van der Waals surface area contributed by atoms with Crippen LogP contribution in [0.5, 0.6) is 0 Å². The second-order valence-electron chi connectivity index (χ2n) is 4.54. The van der Waals surface area contributed by atoms with Crippen LogP contribution >= 0.6 is 0 Å². The van der Waals surface area contributed by atoms with E-state index in [1.807, 2.05) is 6.07 Å². The molecule has 1 aliphatic rings. The molecule has 0 aromatic heterocycles.